The second-order valence-corrected chi connectivity index (χ2v) is 7.73. The van der Waals surface area contributed by atoms with Crippen LogP contribution in [-0.4, -0.2) is 12.6 Å². The van der Waals surface area contributed by atoms with E-state index in [9.17, 15) is 18.8 Å². The van der Waals surface area contributed by atoms with Crippen molar-refractivity contribution in [2.75, 3.05) is 5.32 Å². The molecule has 0 radical (unpaired) electrons. The van der Waals surface area contributed by atoms with Crippen molar-refractivity contribution in [3.05, 3.63) is 90.0 Å². The predicted molar refractivity (Wildman–Crippen MR) is 121 cm³/mol. The molecule has 0 aliphatic heterocycles. The Kier molecular flexibility index (Phi) is 7.98. The Labute approximate surface area is 191 Å². The van der Waals surface area contributed by atoms with Crippen molar-refractivity contribution in [2.24, 2.45) is 5.92 Å². The summed E-state index contributed by atoms with van der Waals surface area (Å²) in [7, 11) is 0. The molecule has 0 amide bonds. The SMILES string of the molecule is CC(C)C(C(=O)OC(C#N)c1cccc(Nc2ccccc2)c1)c1ccc(OC(F)F)cc1. The highest BCUT2D eigenvalue weighted by molar-refractivity contribution is 5.79. The second-order valence-electron chi connectivity index (χ2n) is 7.73. The normalized spacial score (nSPS) is 12.6. The van der Waals surface area contributed by atoms with Crippen LogP contribution in [0.3, 0.4) is 0 Å². The number of alkyl halides is 2. The number of anilines is 2. The third kappa shape index (κ3) is 6.53. The van der Waals surface area contributed by atoms with Crippen LogP contribution in [0.4, 0.5) is 20.2 Å². The molecular formula is C26H24F2N2O3. The molecule has 170 valence electrons. The first-order valence-electron chi connectivity index (χ1n) is 10.4. The Morgan fingerprint density at radius 1 is 0.909 bits per heavy atom. The fraction of sp³-hybridized carbons (Fsp3) is 0.231. The molecule has 3 rings (SSSR count). The van der Waals surface area contributed by atoms with Crippen LogP contribution in [0.25, 0.3) is 0 Å². The van der Waals surface area contributed by atoms with E-state index in [2.05, 4.69) is 10.1 Å². The number of rotatable bonds is 9. The third-order valence-electron chi connectivity index (χ3n) is 4.99. The summed E-state index contributed by atoms with van der Waals surface area (Å²) < 4.78 is 34.7. The van der Waals surface area contributed by atoms with Crippen molar-refractivity contribution >= 4 is 17.3 Å². The van der Waals surface area contributed by atoms with Gasteiger partial charge in [0, 0.05) is 16.9 Å². The average molecular weight is 450 g/mol. The van der Waals surface area contributed by atoms with Crippen LogP contribution in [0.2, 0.25) is 0 Å². The van der Waals surface area contributed by atoms with E-state index >= 15 is 0 Å². The largest absolute Gasteiger partial charge is 0.441 e. The van der Waals surface area contributed by atoms with Gasteiger partial charge in [-0.15, -0.1) is 0 Å². The molecule has 33 heavy (non-hydrogen) atoms. The zero-order valence-corrected chi connectivity index (χ0v) is 18.2. The van der Waals surface area contributed by atoms with Gasteiger partial charge in [0.05, 0.1) is 5.92 Å². The molecule has 0 aromatic heterocycles. The second kappa shape index (κ2) is 11.1. The van der Waals surface area contributed by atoms with Gasteiger partial charge < -0.3 is 14.8 Å². The van der Waals surface area contributed by atoms with E-state index in [1.54, 1.807) is 30.3 Å². The summed E-state index contributed by atoms with van der Waals surface area (Å²) in [5.74, 6) is -1.39. The zero-order valence-electron chi connectivity index (χ0n) is 18.2. The number of esters is 1. The van der Waals surface area contributed by atoms with E-state index in [1.807, 2.05) is 56.3 Å². The van der Waals surface area contributed by atoms with E-state index in [0.29, 0.717) is 11.1 Å². The Hall–Kier alpha value is -3.92. The van der Waals surface area contributed by atoms with Crippen molar-refractivity contribution < 1.29 is 23.0 Å². The lowest BCUT2D eigenvalue weighted by Gasteiger charge is -2.22. The van der Waals surface area contributed by atoms with Gasteiger partial charge in [0.25, 0.3) is 0 Å². The van der Waals surface area contributed by atoms with Gasteiger partial charge in [-0.3, -0.25) is 4.79 Å². The first-order valence-corrected chi connectivity index (χ1v) is 10.4. The maximum absolute atomic E-state index is 13.0. The van der Waals surface area contributed by atoms with Gasteiger partial charge in [0.15, 0.2) is 0 Å². The lowest BCUT2D eigenvalue weighted by molar-refractivity contribution is -0.150. The van der Waals surface area contributed by atoms with Crippen molar-refractivity contribution in [3.8, 4) is 11.8 Å². The minimum absolute atomic E-state index is 0.00209. The van der Waals surface area contributed by atoms with E-state index in [1.165, 1.54) is 12.1 Å². The lowest BCUT2D eigenvalue weighted by Crippen LogP contribution is -2.22. The van der Waals surface area contributed by atoms with E-state index in [4.69, 9.17) is 4.74 Å². The van der Waals surface area contributed by atoms with Gasteiger partial charge in [-0.1, -0.05) is 56.3 Å². The molecular weight excluding hydrogens is 426 g/mol. The molecule has 5 nitrogen and oxygen atoms in total. The van der Waals surface area contributed by atoms with Gasteiger partial charge in [0.1, 0.15) is 11.8 Å². The van der Waals surface area contributed by atoms with E-state index in [-0.39, 0.29) is 11.7 Å². The molecule has 2 unspecified atom stereocenters. The van der Waals surface area contributed by atoms with Gasteiger partial charge in [0.2, 0.25) is 6.10 Å². The quantitative estimate of drug-likeness (QED) is 0.373. The van der Waals surface area contributed by atoms with E-state index in [0.717, 1.165) is 11.4 Å². The number of para-hydroxylation sites is 1. The summed E-state index contributed by atoms with van der Waals surface area (Å²) in [5.41, 5.74) is 2.77. The molecule has 0 saturated carbocycles. The molecule has 0 fully saturated rings. The van der Waals surface area contributed by atoms with Gasteiger partial charge in [-0.05, 0) is 47.9 Å². The molecule has 0 saturated heterocycles. The molecule has 0 aliphatic carbocycles. The van der Waals surface area contributed by atoms with Crippen LogP contribution < -0.4 is 10.1 Å². The summed E-state index contributed by atoms with van der Waals surface area (Å²) in [6.07, 6.45) is -1.10. The maximum Gasteiger partial charge on any atom is 0.387 e. The number of benzene rings is 3. The number of carbonyl (C=O) groups is 1. The number of carbonyl (C=O) groups excluding carboxylic acids is 1. The number of nitrogens with zero attached hydrogens (tertiary/aromatic N) is 1. The molecule has 2 atom stereocenters. The highest BCUT2D eigenvalue weighted by Crippen LogP contribution is 2.31. The van der Waals surface area contributed by atoms with Crippen molar-refractivity contribution in [3.63, 3.8) is 0 Å². The fourth-order valence-corrected chi connectivity index (χ4v) is 3.48. The van der Waals surface area contributed by atoms with Crippen molar-refractivity contribution in [1.82, 2.24) is 0 Å². The van der Waals surface area contributed by atoms with Crippen LogP contribution in [-0.2, 0) is 9.53 Å². The highest BCUT2D eigenvalue weighted by atomic mass is 19.3. The third-order valence-corrected chi connectivity index (χ3v) is 4.99. The molecule has 3 aromatic carbocycles. The number of halogens is 2. The van der Waals surface area contributed by atoms with Crippen LogP contribution in [0, 0.1) is 17.2 Å². The molecule has 0 bridgehead atoms. The highest BCUT2D eigenvalue weighted by Gasteiger charge is 2.29. The van der Waals surface area contributed by atoms with E-state index < -0.39 is 24.6 Å². The zero-order chi connectivity index (χ0) is 23.8. The van der Waals surface area contributed by atoms with Crippen LogP contribution in [0.15, 0.2) is 78.9 Å². The Morgan fingerprint density at radius 3 is 2.18 bits per heavy atom. The summed E-state index contributed by atoms with van der Waals surface area (Å²) in [6, 6.07) is 24.6. The molecule has 0 spiro atoms. The summed E-state index contributed by atoms with van der Waals surface area (Å²) in [6.45, 7) is 0.771. The first-order chi connectivity index (χ1) is 15.9. The van der Waals surface area contributed by atoms with Gasteiger partial charge in [-0.25, -0.2) is 0 Å². The first kappa shape index (κ1) is 23.7. The molecule has 7 heteroatoms. The standard InChI is InChI=1S/C26H24F2N2O3/c1-17(2)24(18-11-13-22(14-12-18)32-26(27)28)25(31)33-23(16-29)19-7-6-10-21(15-19)30-20-8-4-3-5-9-20/h3-15,17,23-24,26,30H,1-2H3. The smallest absolute Gasteiger partial charge is 0.387 e. The molecule has 3 aromatic rings. The number of ether oxygens (including phenoxy) is 2. The van der Waals surface area contributed by atoms with Crippen molar-refractivity contribution in [2.45, 2.75) is 32.5 Å². The fourth-order valence-electron chi connectivity index (χ4n) is 3.48. The summed E-state index contributed by atoms with van der Waals surface area (Å²) in [4.78, 5) is 13.0. The van der Waals surface area contributed by atoms with Crippen LogP contribution in [0.1, 0.15) is 37.0 Å². The molecule has 0 heterocycles. The van der Waals surface area contributed by atoms with Gasteiger partial charge >= 0.3 is 12.6 Å². The number of nitrogens with one attached hydrogen (secondary N) is 1. The minimum Gasteiger partial charge on any atom is -0.441 e. The summed E-state index contributed by atoms with van der Waals surface area (Å²) >= 11 is 0. The number of nitriles is 1. The number of hydrogen-bond donors (Lipinski definition) is 1. The lowest BCUT2D eigenvalue weighted by atomic mass is 9.88. The van der Waals surface area contributed by atoms with Crippen LogP contribution in [0.5, 0.6) is 5.75 Å². The minimum atomic E-state index is -2.93. The maximum atomic E-state index is 13.0. The Morgan fingerprint density at radius 2 is 1.58 bits per heavy atom. The topological polar surface area (TPSA) is 71.4 Å². The predicted octanol–water partition coefficient (Wildman–Crippen LogP) is 6.58. The Balaban J connectivity index is 1.76. The van der Waals surface area contributed by atoms with Crippen LogP contribution >= 0.6 is 0 Å². The van der Waals surface area contributed by atoms with Crippen molar-refractivity contribution in [1.29, 1.82) is 5.26 Å². The Bertz CT molecular complexity index is 1100. The molecule has 1 N–H and O–H groups in total. The average Bonchev–Trinajstić information content (AvgIpc) is 2.79. The van der Waals surface area contributed by atoms with Gasteiger partial charge in [-0.2, -0.15) is 14.0 Å². The summed E-state index contributed by atoms with van der Waals surface area (Å²) in [5, 5.41) is 12.9. The number of hydrogen-bond acceptors (Lipinski definition) is 5. The monoisotopic (exact) mass is 450 g/mol. The molecule has 0 aliphatic rings.